The lowest BCUT2D eigenvalue weighted by Crippen LogP contribution is -2.01. The zero-order valence-electron chi connectivity index (χ0n) is 12.7. The molecule has 0 saturated carbocycles. The van der Waals surface area contributed by atoms with E-state index in [0.29, 0.717) is 5.92 Å². The monoisotopic (exact) mass is 276 g/mol. The number of benzene rings is 2. The first-order chi connectivity index (χ1) is 10.2. The molecule has 0 atom stereocenters. The molecule has 0 N–H and O–H groups in total. The molecule has 0 aliphatic heterocycles. The number of hydrogen-bond acceptors (Lipinski definition) is 1. The molecule has 1 aromatic heterocycles. The van der Waals surface area contributed by atoms with Gasteiger partial charge in [-0.3, -0.25) is 0 Å². The summed E-state index contributed by atoms with van der Waals surface area (Å²) < 4.78 is 2.22. The van der Waals surface area contributed by atoms with Gasteiger partial charge in [-0.05, 0) is 0 Å². The second-order valence-electron chi connectivity index (χ2n) is 5.61. The van der Waals surface area contributed by atoms with Gasteiger partial charge in [0.05, 0.1) is 11.4 Å². The SMILES string of the molecule is CC(C)c1nc(-c2ccccc2)c(-c2ccccc2)n1C. The van der Waals surface area contributed by atoms with E-state index in [0.717, 1.165) is 11.5 Å². The molecule has 2 nitrogen and oxygen atoms in total. The van der Waals surface area contributed by atoms with Gasteiger partial charge in [0.25, 0.3) is 0 Å². The van der Waals surface area contributed by atoms with Crippen molar-refractivity contribution in [1.29, 1.82) is 0 Å². The van der Waals surface area contributed by atoms with Gasteiger partial charge in [-0.25, -0.2) is 4.98 Å². The van der Waals surface area contributed by atoms with Gasteiger partial charge in [-0.15, -0.1) is 0 Å². The highest BCUT2D eigenvalue weighted by Crippen LogP contribution is 2.33. The van der Waals surface area contributed by atoms with Crippen molar-refractivity contribution in [1.82, 2.24) is 9.55 Å². The van der Waals surface area contributed by atoms with Gasteiger partial charge in [0.2, 0.25) is 0 Å². The summed E-state index contributed by atoms with van der Waals surface area (Å²) in [6.07, 6.45) is 0. The first-order valence-corrected chi connectivity index (χ1v) is 7.36. The smallest absolute Gasteiger partial charge is 0.112 e. The second-order valence-corrected chi connectivity index (χ2v) is 5.61. The summed E-state index contributed by atoms with van der Waals surface area (Å²) in [7, 11) is 2.11. The molecule has 3 aromatic rings. The average Bonchev–Trinajstić information content (AvgIpc) is 2.87. The van der Waals surface area contributed by atoms with E-state index in [1.165, 1.54) is 16.8 Å². The number of imidazole rings is 1. The van der Waals surface area contributed by atoms with Crippen molar-refractivity contribution in [2.45, 2.75) is 19.8 Å². The highest BCUT2D eigenvalue weighted by molar-refractivity contribution is 5.79. The molecule has 2 aromatic carbocycles. The van der Waals surface area contributed by atoms with Crippen LogP contribution in [0.2, 0.25) is 0 Å². The minimum Gasteiger partial charge on any atom is -0.330 e. The second kappa shape index (κ2) is 5.57. The fourth-order valence-electron chi connectivity index (χ4n) is 2.76. The number of nitrogens with zero attached hydrogens (tertiary/aromatic N) is 2. The zero-order valence-corrected chi connectivity index (χ0v) is 12.7. The van der Waals surface area contributed by atoms with Crippen molar-refractivity contribution in [2.24, 2.45) is 7.05 Å². The minimum atomic E-state index is 0.398. The first kappa shape index (κ1) is 13.6. The highest BCUT2D eigenvalue weighted by Gasteiger charge is 2.18. The van der Waals surface area contributed by atoms with E-state index in [2.05, 4.69) is 74.0 Å². The Bertz CT molecular complexity index is 725. The molecule has 0 fully saturated rings. The third kappa shape index (κ3) is 2.49. The third-order valence-electron chi connectivity index (χ3n) is 3.74. The maximum atomic E-state index is 4.92. The third-order valence-corrected chi connectivity index (χ3v) is 3.74. The lowest BCUT2D eigenvalue weighted by Gasteiger charge is -2.09. The summed E-state index contributed by atoms with van der Waals surface area (Å²) in [6.45, 7) is 4.37. The predicted octanol–water partition coefficient (Wildman–Crippen LogP) is 4.88. The topological polar surface area (TPSA) is 17.8 Å². The van der Waals surface area contributed by atoms with E-state index < -0.39 is 0 Å². The molecule has 0 saturated heterocycles. The van der Waals surface area contributed by atoms with Gasteiger partial charge in [0.15, 0.2) is 0 Å². The summed E-state index contributed by atoms with van der Waals surface area (Å²) in [6, 6.07) is 20.9. The van der Waals surface area contributed by atoms with E-state index in [4.69, 9.17) is 4.98 Å². The molecule has 0 unspecified atom stereocenters. The van der Waals surface area contributed by atoms with E-state index in [1.807, 2.05) is 12.1 Å². The molecule has 0 aliphatic carbocycles. The fourth-order valence-corrected chi connectivity index (χ4v) is 2.76. The van der Waals surface area contributed by atoms with Crippen LogP contribution in [0.3, 0.4) is 0 Å². The summed E-state index contributed by atoms with van der Waals surface area (Å²) in [5.74, 6) is 1.52. The molecular formula is C19H20N2. The molecular weight excluding hydrogens is 256 g/mol. The van der Waals surface area contributed by atoms with Gasteiger partial charge in [0, 0.05) is 24.1 Å². The Morgan fingerprint density at radius 2 is 1.33 bits per heavy atom. The van der Waals surface area contributed by atoms with Crippen molar-refractivity contribution < 1.29 is 0 Å². The number of aromatic nitrogens is 2. The van der Waals surface area contributed by atoms with Gasteiger partial charge in [0.1, 0.15) is 5.82 Å². The molecule has 2 heteroatoms. The van der Waals surface area contributed by atoms with Crippen molar-refractivity contribution in [2.75, 3.05) is 0 Å². The van der Waals surface area contributed by atoms with Gasteiger partial charge < -0.3 is 4.57 Å². The van der Waals surface area contributed by atoms with Gasteiger partial charge >= 0.3 is 0 Å². The molecule has 0 bridgehead atoms. The van der Waals surface area contributed by atoms with Crippen LogP contribution in [-0.4, -0.2) is 9.55 Å². The standard InChI is InChI=1S/C19H20N2/c1-14(2)19-20-17(15-10-6-4-7-11-15)18(21(19)3)16-12-8-5-9-13-16/h4-14H,1-3H3. The van der Waals surface area contributed by atoms with Gasteiger partial charge in [-0.2, -0.15) is 0 Å². The lowest BCUT2D eigenvalue weighted by molar-refractivity contribution is 0.714. The van der Waals surface area contributed by atoms with Crippen molar-refractivity contribution in [3.8, 4) is 22.5 Å². The van der Waals surface area contributed by atoms with E-state index in [9.17, 15) is 0 Å². The van der Waals surface area contributed by atoms with Crippen LogP contribution >= 0.6 is 0 Å². The fraction of sp³-hybridized carbons (Fsp3) is 0.211. The molecule has 0 amide bonds. The number of rotatable bonds is 3. The average molecular weight is 276 g/mol. The first-order valence-electron chi connectivity index (χ1n) is 7.36. The molecule has 3 rings (SSSR count). The summed E-state index contributed by atoms with van der Waals surface area (Å²) in [5.41, 5.74) is 4.62. The van der Waals surface area contributed by atoms with E-state index >= 15 is 0 Å². The molecule has 0 spiro atoms. The quantitative estimate of drug-likeness (QED) is 0.667. The Balaban J connectivity index is 2.26. The molecule has 0 aliphatic rings. The summed E-state index contributed by atoms with van der Waals surface area (Å²) >= 11 is 0. The van der Waals surface area contributed by atoms with Crippen molar-refractivity contribution in [3.05, 3.63) is 66.5 Å². The van der Waals surface area contributed by atoms with Crippen LogP contribution in [0.25, 0.3) is 22.5 Å². The highest BCUT2D eigenvalue weighted by atomic mass is 15.1. The van der Waals surface area contributed by atoms with Crippen LogP contribution in [0.5, 0.6) is 0 Å². The summed E-state index contributed by atoms with van der Waals surface area (Å²) in [4.78, 5) is 4.92. The van der Waals surface area contributed by atoms with Crippen LogP contribution in [0.1, 0.15) is 25.6 Å². The van der Waals surface area contributed by atoms with Crippen LogP contribution < -0.4 is 0 Å². The molecule has 0 radical (unpaired) electrons. The van der Waals surface area contributed by atoms with Crippen LogP contribution in [0.15, 0.2) is 60.7 Å². The molecule has 21 heavy (non-hydrogen) atoms. The Kier molecular flexibility index (Phi) is 3.61. The maximum Gasteiger partial charge on any atom is 0.112 e. The zero-order chi connectivity index (χ0) is 14.8. The van der Waals surface area contributed by atoms with Crippen molar-refractivity contribution in [3.63, 3.8) is 0 Å². The molecule has 1 heterocycles. The minimum absolute atomic E-state index is 0.398. The van der Waals surface area contributed by atoms with Crippen molar-refractivity contribution >= 4 is 0 Å². The lowest BCUT2D eigenvalue weighted by atomic mass is 10.1. The normalized spacial score (nSPS) is 11.0. The maximum absolute atomic E-state index is 4.92. The molecule has 106 valence electrons. The van der Waals surface area contributed by atoms with Crippen LogP contribution in [0.4, 0.5) is 0 Å². The Labute approximate surface area is 126 Å². The number of hydrogen-bond donors (Lipinski definition) is 0. The van der Waals surface area contributed by atoms with Crippen LogP contribution in [0, 0.1) is 0 Å². The Morgan fingerprint density at radius 3 is 1.86 bits per heavy atom. The predicted molar refractivity (Wildman–Crippen MR) is 88.2 cm³/mol. The largest absolute Gasteiger partial charge is 0.330 e. The Morgan fingerprint density at radius 1 is 0.810 bits per heavy atom. The van der Waals surface area contributed by atoms with Gasteiger partial charge in [-0.1, -0.05) is 74.5 Å². The van der Waals surface area contributed by atoms with Crippen LogP contribution in [-0.2, 0) is 7.05 Å². The van der Waals surface area contributed by atoms with E-state index in [-0.39, 0.29) is 0 Å². The summed E-state index contributed by atoms with van der Waals surface area (Å²) in [5, 5.41) is 0. The Hall–Kier alpha value is -2.35. The van der Waals surface area contributed by atoms with E-state index in [1.54, 1.807) is 0 Å².